The monoisotopic (exact) mass is 410 g/mol. The number of rotatable bonds is 4. The van der Waals surface area contributed by atoms with E-state index in [1.807, 2.05) is 30.6 Å². The van der Waals surface area contributed by atoms with E-state index in [1.165, 1.54) is 22.8 Å². The Morgan fingerprint density at radius 2 is 1.90 bits per heavy atom. The minimum Gasteiger partial charge on any atom is -0.367 e. The highest BCUT2D eigenvalue weighted by atomic mass is 19.4. The van der Waals surface area contributed by atoms with Crippen LogP contribution < -0.4 is 4.90 Å². The standard InChI is InChI=1S/C24H21F3N2O/c1-16-13-28-14-19-15-29(9-8-22(16)19)21-7-3-5-18(12-21)23(30)11-17-4-2-6-20(10-17)24(25,26)27/h2-7,10,12-14H,8-9,11,15H2,1H3. The van der Waals surface area contributed by atoms with E-state index in [4.69, 9.17) is 0 Å². The number of hydrogen-bond acceptors (Lipinski definition) is 3. The molecule has 0 amide bonds. The zero-order valence-corrected chi connectivity index (χ0v) is 16.5. The summed E-state index contributed by atoms with van der Waals surface area (Å²) in [6.07, 6.45) is 0.181. The lowest BCUT2D eigenvalue weighted by molar-refractivity contribution is -0.137. The van der Waals surface area contributed by atoms with Gasteiger partial charge < -0.3 is 4.90 Å². The molecular weight excluding hydrogens is 389 g/mol. The fourth-order valence-corrected chi connectivity index (χ4v) is 3.92. The second-order valence-corrected chi connectivity index (χ2v) is 7.61. The van der Waals surface area contributed by atoms with Crippen molar-refractivity contribution in [3.8, 4) is 0 Å². The number of Topliss-reactive ketones (excluding diaryl/α,β-unsaturated/α-hetero) is 1. The van der Waals surface area contributed by atoms with Crippen molar-refractivity contribution in [2.24, 2.45) is 0 Å². The quantitative estimate of drug-likeness (QED) is 0.540. The number of aromatic nitrogens is 1. The fourth-order valence-electron chi connectivity index (χ4n) is 3.92. The highest BCUT2D eigenvalue weighted by Gasteiger charge is 2.30. The summed E-state index contributed by atoms with van der Waals surface area (Å²) in [5.41, 5.74) is 4.75. The molecular formula is C24H21F3N2O. The molecule has 6 heteroatoms. The average Bonchev–Trinajstić information content (AvgIpc) is 2.73. The van der Waals surface area contributed by atoms with Crippen LogP contribution in [0.1, 0.15) is 38.2 Å². The molecule has 3 aromatic rings. The van der Waals surface area contributed by atoms with Crippen molar-refractivity contribution in [3.05, 3.63) is 94.3 Å². The third-order valence-electron chi connectivity index (χ3n) is 5.51. The maximum atomic E-state index is 12.9. The molecule has 0 unspecified atom stereocenters. The van der Waals surface area contributed by atoms with Crippen LogP contribution in [-0.2, 0) is 25.6 Å². The molecule has 0 N–H and O–H groups in total. The first-order valence-electron chi connectivity index (χ1n) is 9.78. The number of aryl methyl sites for hydroxylation is 1. The zero-order valence-electron chi connectivity index (χ0n) is 16.5. The summed E-state index contributed by atoms with van der Waals surface area (Å²) < 4.78 is 38.8. The van der Waals surface area contributed by atoms with Crippen LogP contribution in [0.5, 0.6) is 0 Å². The number of hydrogen-bond donors (Lipinski definition) is 0. The lowest BCUT2D eigenvalue weighted by Gasteiger charge is -2.31. The van der Waals surface area contributed by atoms with Gasteiger partial charge in [-0.15, -0.1) is 0 Å². The number of anilines is 1. The molecule has 0 aliphatic carbocycles. The number of ketones is 1. The Bertz CT molecular complexity index is 1090. The Balaban J connectivity index is 1.52. The first kappa shape index (κ1) is 20.1. The molecule has 1 aliphatic rings. The number of fused-ring (bicyclic) bond motifs is 1. The molecule has 3 nitrogen and oxygen atoms in total. The maximum absolute atomic E-state index is 12.9. The van der Waals surface area contributed by atoms with Crippen LogP contribution in [0.15, 0.2) is 60.9 Å². The molecule has 154 valence electrons. The Kier molecular flexibility index (Phi) is 5.33. The summed E-state index contributed by atoms with van der Waals surface area (Å²) >= 11 is 0. The molecule has 2 heterocycles. The van der Waals surface area contributed by atoms with Crippen molar-refractivity contribution in [1.29, 1.82) is 0 Å². The van der Waals surface area contributed by atoms with Gasteiger partial charge in [-0.1, -0.05) is 30.3 Å². The van der Waals surface area contributed by atoms with E-state index in [-0.39, 0.29) is 12.2 Å². The average molecular weight is 410 g/mol. The molecule has 0 bridgehead atoms. The van der Waals surface area contributed by atoms with Gasteiger partial charge in [0.2, 0.25) is 0 Å². The number of carbonyl (C=O) groups is 1. The SMILES string of the molecule is Cc1cncc2c1CCN(c1cccc(C(=O)Cc3cccc(C(F)(F)F)c3)c1)C2. The van der Waals surface area contributed by atoms with E-state index in [0.717, 1.165) is 37.3 Å². The second-order valence-electron chi connectivity index (χ2n) is 7.61. The van der Waals surface area contributed by atoms with Gasteiger partial charge in [0.05, 0.1) is 5.56 Å². The van der Waals surface area contributed by atoms with Crippen molar-refractivity contribution >= 4 is 11.5 Å². The van der Waals surface area contributed by atoms with Crippen molar-refractivity contribution in [2.45, 2.75) is 32.5 Å². The summed E-state index contributed by atoms with van der Waals surface area (Å²) in [7, 11) is 0. The molecule has 0 saturated heterocycles. The lowest BCUT2D eigenvalue weighted by Crippen LogP contribution is -2.31. The topological polar surface area (TPSA) is 33.2 Å². The first-order valence-corrected chi connectivity index (χ1v) is 9.78. The highest BCUT2D eigenvalue weighted by Crippen LogP contribution is 2.30. The van der Waals surface area contributed by atoms with Crippen LogP contribution in [0.4, 0.5) is 18.9 Å². The molecule has 0 fully saturated rings. The maximum Gasteiger partial charge on any atom is 0.416 e. The summed E-state index contributed by atoms with van der Waals surface area (Å²) in [4.78, 5) is 19.2. The molecule has 0 saturated carbocycles. The minimum atomic E-state index is -4.42. The third kappa shape index (κ3) is 4.22. The lowest BCUT2D eigenvalue weighted by atomic mass is 9.97. The van der Waals surface area contributed by atoms with Gasteiger partial charge >= 0.3 is 6.18 Å². The van der Waals surface area contributed by atoms with Gasteiger partial charge in [0, 0.05) is 43.2 Å². The molecule has 30 heavy (non-hydrogen) atoms. The number of alkyl halides is 3. The zero-order chi connectivity index (χ0) is 21.3. The Hall–Kier alpha value is -3.15. The van der Waals surface area contributed by atoms with E-state index < -0.39 is 11.7 Å². The van der Waals surface area contributed by atoms with Gasteiger partial charge in [0.25, 0.3) is 0 Å². The summed E-state index contributed by atoms with van der Waals surface area (Å²) in [5, 5.41) is 0. The molecule has 4 rings (SSSR count). The van der Waals surface area contributed by atoms with E-state index in [0.29, 0.717) is 11.1 Å². The molecule has 0 radical (unpaired) electrons. The summed E-state index contributed by atoms with van der Waals surface area (Å²) in [6.45, 7) is 3.62. The molecule has 0 spiro atoms. The summed E-state index contributed by atoms with van der Waals surface area (Å²) in [6, 6.07) is 12.2. The van der Waals surface area contributed by atoms with Crippen LogP contribution in [0.2, 0.25) is 0 Å². The van der Waals surface area contributed by atoms with E-state index in [2.05, 4.69) is 16.8 Å². The van der Waals surface area contributed by atoms with Crippen molar-refractivity contribution in [1.82, 2.24) is 4.98 Å². The Morgan fingerprint density at radius 3 is 2.70 bits per heavy atom. The number of benzene rings is 2. The number of pyridine rings is 1. The van der Waals surface area contributed by atoms with Crippen LogP contribution in [0.25, 0.3) is 0 Å². The number of halogens is 3. The normalized spacial score (nSPS) is 13.8. The van der Waals surface area contributed by atoms with Crippen LogP contribution in [0, 0.1) is 6.92 Å². The van der Waals surface area contributed by atoms with E-state index >= 15 is 0 Å². The van der Waals surface area contributed by atoms with Crippen molar-refractivity contribution < 1.29 is 18.0 Å². The van der Waals surface area contributed by atoms with Crippen LogP contribution in [0.3, 0.4) is 0 Å². The second kappa shape index (κ2) is 7.94. The predicted octanol–water partition coefficient (Wildman–Crippen LogP) is 5.40. The van der Waals surface area contributed by atoms with Gasteiger partial charge in [-0.25, -0.2) is 0 Å². The molecule has 2 aromatic carbocycles. The van der Waals surface area contributed by atoms with Gasteiger partial charge in [-0.3, -0.25) is 9.78 Å². The highest BCUT2D eigenvalue weighted by molar-refractivity contribution is 5.98. The first-order chi connectivity index (χ1) is 14.3. The van der Waals surface area contributed by atoms with Crippen LogP contribution in [-0.4, -0.2) is 17.3 Å². The van der Waals surface area contributed by atoms with Crippen molar-refractivity contribution in [2.75, 3.05) is 11.4 Å². The Morgan fingerprint density at radius 1 is 1.10 bits per heavy atom. The largest absolute Gasteiger partial charge is 0.416 e. The third-order valence-corrected chi connectivity index (χ3v) is 5.51. The smallest absolute Gasteiger partial charge is 0.367 e. The Labute approximate surface area is 173 Å². The molecule has 1 aliphatic heterocycles. The van der Waals surface area contributed by atoms with Gasteiger partial charge in [0.15, 0.2) is 5.78 Å². The molecule has 0 atom stereocenters. The molecule has 1 aromatic heterocycles. The number of nitrogens with zero attached hydrogens (tertiary/aromatic N) is 2. The van der Waals surface area contributed by atoms with E-state index in [1.54, 1.807) is 12.1 Å². The minimum absolute atomic E-state index is 0.0701. The van der Waals surface area contributed by atoms with E-state index in [9.17, 15) is 18.0 Å². The summed E-state index contributed by atoms with van der Waals surface area (Å²) in [5.74, 6) is -0.203. The van der Waals surface area contributed by atoms with Crippen LogP contribution >= 0.6 is 0 Å². The predicted molar refractivity (Wildman–Crippen MR) is 110 cm³/mol. The fraction of sp³-hybridized carbons (Fsp3) is 0.250. The van der Waals surface area contributed by atoms with Gasteiger partial charge in [-0.2, -0.15) is 13.2 Å². The number of carbonyl (C=O) groups excluding carboxylic acids is 1. The van der Waals surface area contributed by atoms with Crippen molar-refractivity contribution in [3.63, 3.8) is 0 Å². The van der Waals surface area contributed by atoms with Gasteiger partial charge in [0.1, 0.15) is 0 Å². The van der Waals surface area contributed by atoms with Gasteiger partial charge in [-0.05, 0) is 53.8 Å².